The maximum Gasteiger partial charge on any atom is 0.219 e. The SMILES string of the molecule is O=CNS(=O)c1cccc(Cl)n1. The number of hydrogen-bond acceptors (Lipinski definition) is 3. The van der Waals surface area contributed by atoms with Gasteiger partial charge in [-0.05, 0) is 12.1 Å². The lowest BCUT2D eigenvalue weighted by Gasteiger charge is -1.97. The highest BCUT2D eigenvalue weighted by atomic mass is 35.5. The largest absolute Gasteiger partial charge is 0.278 e. The van der Waals surface area contributed by atoms with Gasteiger partial charge in [-0.25, -0.2) is 9.19 Å². The van der Waals surface area contributed by atoms with Crippen LogP contribution in [-0.2, 0) is 15.8 Å². The fourth-order valence-electron chi connectivity index (χ4n) is 0.597. The molecule has 6 heteroatoms. The molecule has 0 bridgehead atoms. The minimum absolute atomic E-state index is 0.231. The molecule has 0 aliphatic heterocycles. The Morgan fingerprint density at radius 3 is 2.92 bits per heavy atom. The Bertz CT molecular complexity index is 318. The third-order valence-corrected chi connectivity index (χ3v) is 2.16. The lowest BCUT2D eigenvalue weighted by molar-refractivity contribution is -0.108. The Labute approximate surface area is 76.5 Å². The van der Waals surface area contributed by atoms with Crippen LogP contribution in [0.5, 0.6) is 0 Å². The molecule has 64 valence electrons. The van der Waals surface area contributed by atoms with Crippen molar-refractivity contribution < 1.29 is 9.00 Å². The number of aromatic nitrogens is 1. The summed E-state index contributed by atoms with van der Waals surface area (Å²) in [5, 5.41) is 0.475. The van der Waals surface area contributed by atoms with Crippen LogP contribution in [0.2, 0.25) is 5.15 Å². The molecule has 0 saturated carbocycles. The zero-order valence-corrected chi connectivity index (χ0v) is 7.43. The van der Waals surface area contributed by atoms with Crippen LogP contribution in [0.3, 0.4) is 0 Å². The van der Waals surface area contributed by atoms with Crippen LogP contribution in [0.25, 0.3) is 0 Å². The molecular formula is C6H5ClN2O2S. The van der Waals surface area contributed by atoms with Crippen molar-refractivity contribution >= 4 is 29.0 Å². The van der Waals surface area contributed by atoms with Gasteiger partial charge in [-0.1, -0.05) is 17.7 Å². The topological polar surface area (TPSA) is 59.1 Å². The first-order valence-electron chi connectivity index (χ1n) is 2.98. The quantitative estimate of drug-likeness (QED) is 0.576. The summed E-state index contributed by atoms with van der Waals surface area (Å²) in [7, 11) is -1.61. The van der Waals surface area contributed by atoms with Crippen LogP contribution in [0.15, 0.2) is 23.2 Å². The molecule has 0 saturated heterocycles. The van der Waals surface area contributed by atoms with Crippen molar-refractivity contribution in [3.8, 4) is 0 Å². The zero-order chi connectivity index (χ0) is 8.97. The number of rotatable bonds is 3. The third-order valence-electron chi connectivity index (χ3n) is 1.03. The molecule has 1 atom stereocenters. The van der Waals surface area contributed by atoms with E-state index in [0.29, 0.717) is 6.41 Å². The molecule has 12 heavy (non-hydrogen) atoms. The summed E-state index contributed by atoms with van der Waals surface area (Å²) >= 11 is 5.53. The number of hydrogen-bond donors (Lipinski definition) is 1. The number of carbonyl (C=O) groups excluding carboxylic acids is 1. The van der Waals surface area contributed by atoms with Gasteiger partial charge in [0.15, 0.2) is 11.0 Å². The van der Waals surface area contributed by atoms with Crippen molar-refractivity contribution in [2.45, 2.75) is 5.03 Å². The zero-order valence-electron chi connectivity index (χ0n) is 5.86. The molecule has 1 N–H and O–H groups in total. The van der Waals surface area contributed by atoms with Gasteiger partial charge in [-0.2, -0.15) is 0 Å². The molecule has 1 amide bonds. The fraction of sp³-hybridized carbons (Fsp3) is 0. The van der Waals surface area contributed by atoms with Crippen LogP contribution < -0.4 is 4.72 Å². The molecule has 1 heterocycles. The highest BCUT2D eigenvalue weighted by Gasteiger charge is 2.03. The van der Waals surface area contributed by atoms with Crippen LogP contribution in [0.4, 0.5) is 0 Å². The van der Waals surface area contributed by atoms with Gasteiger partial charge < -0.3 is 0 Å². The van der Waals surface area contributed by atoms with Gasteiger partial charge in [0.25, 0.3) is 0 Å². The van der Waals surface area contributed by atoms with E-state index in [0.717, 1.165) is 0 Å². The molecule has 1 aromatic rings. The molecule has 4 nitrogen and oxygen atoms in total. The summed E-state index contributed by atoms with van der Waals surface area (Å²) < 4.78 is 13.1. The van der Waals surface area contributed by atoms with Gasteiger partial charge >= 0.3 is 0 Å². The van der Waals surface area contributed by atoms with Crippen molar-refractivity contribution in [2.75, 3.05) is 0 Å². The highest BCUT2D eigenvalue weighted by Crippen LogP contribution is 2.06. The molecule has 1 aromatic heterocycles. The smallest absolute Gasteiger partial charge is 0.219 e. The molecule has 0 aliphatic carbocycles. The number of nitrogens with zero attached hydrogens (tertiary/aromatic N) is 1. The lowest BCUT2D eigenvalue weighted by Crippen LogP contribution is -2.15. The van der Waals surface area contributed by atoms with Crippen molar-refractivity contribution in [2.24, 2.45) is 0 Å². The van der Waals surface area contributed by atoms with E-state index >= 15 is 0 Å². The molecule has 0 aliphatic rings. The first-order chi connectivity index (χ1) is 5.74. The normalized spacial score (nSPS) is 12.1. The van der Waals surface area contributed by atoms with Crippen molar-refractivity contribution in [3.63, 3.8) is 0 Å². The highest BCUT2D eigenvalue weighted by molar-refractivity contribution is 7.83. The Hall–Kier alpha value is -0.940. The van der Waals surface area contributed by atoms with Gasteiger partial charge in [0.1, 0.15) is 10.2 Å². The monoisotopic (exact) mass is 204 g/mol. The first kappa shape index (κ1) is 9.15. The number of nitrogens with one attached hydrogen (secondary N) is 1. The number of amides is 1. The summed E-state index contributed by atoms with van der Waals surface area (Å²) in [6.07, 6.45) is 0.346. The second-order valence-electron chi connectivity index (χ2n) is 1.80. The van der Waals surface area contributed by atoms with Gasteiger partial charge in [0.05, 0.1) is 0 Å². The van der Waals surface area contributed by atoms with E-state index in [9.17, 15) is 9.00 Å². The first-order valence-corrected chi connectivity index (χ1v) is 4.51. The lowest BCUT2D eigenvalue weighted by atomic mass is 10.5. The molecule has 0 spiro atoms. The summed E-state index contributed by atoms with van der Waals surface area (Å²) in [6.45, 7) is 0. The molecule has 0 aromatic carbocycles. The number of pyridine rings is 1. The van der Waals surface area contributed by atoms with Crippen molar-refractivity contribution in [1.82, 2.24) is 9.71 Å². The minimum atomic E-state index is -1.61. The Morgan fingerprint density at radius 1 is 1.58 bits per heavy atom. The van der Waals surface area contributed by atoms with E-state index in [1.165, 1.54) is 6.07 Å². The average Bonchev–Trinajstić information content (AvgIpc) is 2.05. The van der Waals surface area contributed by atoms with E-state index in [4.69, 9.17) is 11.6 Å². The van der Waals surface area contributed by atoms with Crippen LogP contribution in [-0.4, -0.2) is 15.6 Å². The molecule has 1 unspecified atom stereocenters. The fourth-order valence-corrected chi connectivity index (χ4v) is 1.40. The standard InChI is InChI=1S/C6H5ClN2O2S/c7-5-2-1-3-6(9-5)12(11)8-4-10/h1-4H,(H,8,10). The van der Waals surface area contributed by atoms with Gasteiger partial charge in [0, 0.05) is 0 Å². The third kappa shape index (κ3) is 2.28. The molecule has 0 fully saturated rings. The van der Waals surface area contributed by atoms with E-state index in [1.54, 1.807) is 12.1 Å². The van der Waals surface area contributed by atoms with Crippen molar-refractivity contribution in [1.29, 1.82) is 0 Å². The van der Waals surface area contributed by atoms with E-state index < -0.39 is 11.0 Å². The summed E-state index contributed by atoms with van der Waals surface area (Å²) in [5.41, 5.74) is 0. The summed E-state index contributed by atoms with van der Waals surface area (Å²) in [5.74, 6) is 0. The average molecular weight is 205 g/mol. The van der Waals surface area contributed by atoms with E-state index in [1.807, 2.05) is 0 Å². The Kier molecular flexibility index (Phi) is 3.19. The maximum atomic E-state index is 11.0. The van der Waals surface area contributed by atoms with Gasteiger partial charge in [0.2, 0.25) is 6.41 Å². The van der Waals surface area contributed by atoms with Crippen molar-refractivity contribution in [3.05, 3.63) is 23.4 Å². The predicted octanol–water partition coefficient (Wildman–Crippen LogP) is 0.504. The Balaban J connectivity index is 2.87. The molecule has 1 rings (SSSR count). The number of carbonyl (C=O) groups is 1. The summed E-state index contributed by atoms with van der Waals surface area (Å²) in [4.78, 5) is 13.6. The molecular weight excluding hydrogens is 200 g/mol. The minimum Gasteiger partial charge on any atom is -0.278 e. The predicted molar refractivity (Wildman–Crippen MR) is 44.9 cm³/mol. The Morgan fingerprint density at radius 2 is 2.33 bits per heavy atom. The van der Waals surface area contributed by atoms with Crippen LogP contribution >= 0.6 is 11.6 Å². The number of halogens is 1. The van der Waals surface area contributed by atoms with Crippen LogP contribution in [0.1, 0.15) is 0 Å². The summed E-state index contributed by atoms with van der Waals surface area (Å²) in [6, 6.07) is 4.68. The maximum absolute atomic E-state index is 11.0. The van der Waals surface area contributed by atoms with E-state index in [2.05, 4.69) is 9.71 Å². The van der Waals surface area contributed by atoms with E-state index in [-0.39, 0.29) is 10.2 Å². The second kappa shape index (κ2) is 4.18. The van der Waals surface area contributed by atoms with Gasteiger partial charge in [-0.3, -0.25) is 9.52 Å². The molecule has 0 radical (unpaired) electrons. The van der Waals surface area contributed by atoms with Crippen LogP contribution in [0, 0.1) is 0 Å². The second-order valence-corrected chi connectivity index (χ2v) is 3.38. The van der Waals surface area contributed by atoms with Gasteiger partial charge in [-0.15, -0.1) is 0 Å².